The lowest BCUT2D eigenvalue weighted by Gasteiger charge is -2.14. The summed E-state index contributed by atoms with van der Waals surface area (Å²) in [5, 5.41) is 0. The minimum atomic E-state index is -0.928. The molecule has 0 saturated heterocycles. The lowest BCUT2D eigenvalue weighted by molar-refractivity contribution is -0.252. The summed E-state index contributed by atoms with van der Waals surface area (Å²) >= 11 is 0. The summed E-state index contributed by atoms with van der Waals surface area (Å²) in [6.07, 6.45) is 2.05. The predicted molar refractivity (Wildman–Crippen MR) is 45.8 cm³/mol. The molecule has 0 aromatic heterocycles. The fourth-order valence-corrected chi connectivity index (χ4v) is 0.954. The first kappa shape index (κ1) is 10.2. The van der Waals surface area contributed by atoms with E-state index in [1.165, 1.54) is 14.2 Å². The summed E-state index contributed by atoms with van der Waals surface area (Å²) in [6, 6.07) is 0. The van der Waals surface area contributed by atoms with Gasteiger partial charge in [-0.2, -0.15) is 0 Å². The lowest BCUT2D eigenvalue weighted by atomic mass is 10.2. The highest BCUT2D eigenvalue weighted by molar-refractivity contribution is 5.88. The molecule has 1 saturated carbocycles. The van der Waals surface area contributed by atoms with Crippen LogP contribution in [0.2, 0.25) is 0 Å². The summed E-state index contributed by atoms with van der Waals surface area (Å²) in [5.74, 6) is -0.127. The van der Waals surface area contributed by atoms with Gasteiger partial charge >= 0.3 is 12.4 Å². The van der Waals surface area contributed by atoms with Gasteiger partial charge in [0.1, 0.15) is 0 Å². The molecule has 0 heterocycles. The van der Waals surface area contributed by atoms with E-state index >= 15 is 0 Å². The Kier molecular flexibility index (Phi) is 3.45. The number of ether oxygens (including phenoxy) is 3. The van der Waals surface area contributed by atoms with E-state index in [0.717, 1.165) is 12.8 Å². The molecule has 1 aliphatic rings. The third-order valence-electron chi connectivity index (χ3n) is 1.92. The van der Waals surface area contributed by atoms with Crippen molar-refractivity contribution in [2.24, 2.45) is 5.92 Å². The van der Waals surface area contributed by atoms with Crippen LogP contribution in [0.4, 0.5) is 0 Å². The molecular formula is C9H14O4. The SMILES string of the molecule is C=C(C(=O)OC(OC)OC)C1CC1. The summed E-state index contributed by atoms with van der Waals surface area (Å²) in [7, 11) is 2.81. The van der Waals surface area contributed by atoms with Gasteiger partial charge in [-0.3, -0.25) is 0 Å². The van der Waals surface area contributed by atoms with Crippen LogP contribution in [0.25, 0.3) is 0 Å². The van der Waals surface area contributed by atoms with Crippen LogP contribution in [0, 0.1) is 5.92 Å². The molecule has 0 amide bonds. The van der Waals surface area contributed by atoms with Crippen LogP contribution >= 0.6 is 0 Å². The van der Waals surface area contributed by atoms with Crippen molar-refractivity contribution in [2.75, 3.05) is 14.2 Å². The van der Waals surface area contributed by atoms with Crippen molar-refractivity contribution < 1.29 is 19.0 Å². The number of esters is 1. The third kappa shape index (κ3) is 2.82. The molecule has 0 N–H and O–H groups in total. The van der Waals surface area contributed by atoms with Crippen LogP contribution in [-0.4, -0.2) is 26.7 Å². The van der Waals surface area contributed by atoms with Gasteiger partial charge in [0.15, 0.2) is 0 Å². The number of carbonyl (C=O) groups excluding carboxylic acids is 1. The number of rotatable bonds is 5. The highest BCUT2D eigenvalue weighted by Gasteiger charge is 2.30. The Labute approximate surface area is 77.5 Å². The van der Waals surface area contributed by atoms with Crippen LogP contribution in [0.5, 0.6) is 0 Å². The first-order valence-electron chi connectivity index (χ1n) is 4.14. The fraction of sp³-hybridized carbons (Fsp3) is 0.667. The molecule has 1 fully saturated rings. The Hall–Kier alpha value is -0.870. The van der Waals surface area contributed by atoms with Crippen LogP contribution in [0.3, 0.4) is 0 Å². The van der Waals surface area contributed by atoms with E-state index in [1.54, 1.807) is 0 Å². The monoisotopic (exact) mass is 186 g/mol. The number of hydrogen-bond donors (Lipinski definition) is 0. The number of hydrogen-bond acceptors (Lipinski definition) is 4. The van der Waals surface area contributed by atoms with Crippen LogP contribution < -0.4 is 0 Å². The van der Waals surface area contributed by atoms with Gasteiger partial charge in [0.2, 0.25) is 0 Å². The van der Waals surface area contributed by atoms with E-state index in [2.05, 4.69) is 6.58 Å². The Balaban J connectivity index is 2.34. The number of carbonyl (C=O) groups is 1. The molecule has 0 aliphatic heterocycles. The molecule has 0 bridgehead atoms. The zero-order valence-electron chi connectivity index (χ0n) is 7.91. The predicted octanol–water partition coefficient (Wildman–Crippen LogP) is 1.07. The number of methoxy groups -OCH3 is 2. The van der Waals surface area contributed by atoms with Crippen LogP contribution in [-0.2, 0) is 19.0 Å². The highest BCUT2D eigenvalue weighted by Crippen LogP contribution is 2.36. The van der Waals surface area contributed by atoms with Crippen molar-refractivity contribution in [1.82, 2.24) is 0 Å². The Bertz CT molecular complexity index is 204. The average Bonchev–Trinajstić information content (AvgIpc) is 2.95. The van der Waals surface area contributed by atoms with Crippen LogP contribution in [0.15, 0.2) is 12.2 Å². The quantitative estimate of drug-likeness (QED) is 0.366. The Morgan fingerprint density at radius 3 is 2.31 bits per heavy atom. The third-order valence-corrected chi connectivity index (χ3v) is 1.92. The van der Waals surface area contributed by atoms with Gasteiger partial charge in [-0.05, 0) is 18.8 Å². The van der Waals surface area contributed by atoms with Gasteiger partial charge in [-0.25, -0.2) is 4.79 Å². The molecule has 74 valence electrons. The molecule has 0 aromatic carbocycles. The van der Waals surface area contributed by atoms with Crippen molar-refractivity contribution in [3.05, 3.63) is 12.2 Å². The van der Waals surface area contributed by atoms with Crippen LogP contribution in [0.1, 0.15) is 12.8 Å². The minimum absolute atomic E-state index is 0.307. The van der Waals surface area contributed by atoms with E-state index in [9.17, 15) is 4.79 Å². The minimum Gasteiger partial charge on any atom is -0.407 e. The van der Waals surface area contributed by atoms with Crippen molar-refractivity contribution in [1.29, 1.82) is 0 Å². The molecule has 13 heavy (non-hydrogen) atoms. The largest absolute Gasteiger partial charge is 0.407 e. The maximum Gasteiger partial charge on any atom is 0.337 e. The van der Waals surface area contributed by atoms with E-state index in [-0.39, 0.29) is 0 Å². The Morgan fingerprint density at radius 2 is 1.92 bits per heavy atom. The maximum atomic E-state index is 11.3. The smallest absolute Gasteiger partial charge is 0.337 e. The second kappa shape index (κ2) is 4.39. The first-order chi connectivity index (χ1) is 6.19. The molecule has 1 aliphatic carbocycles. The standard InChI is InChI=1S/C9H14O4/c1-6(7-4-5-7)8(10)13-9(11-2)12-3/h7,9H,1,4-5H2,2-3H3. The zero-order chi connectivity index (χ0) is 9.84. The van der Waals surface area contributed by atoms with Gasteiger partial charge in [-0.15, -0.1) is 0 Å². The van der Waals surface area contributed by atoms with E-state index in [4.69, 9.17) is 14.2 Å². The second-order valence-electron chi connectivity index (χ2n) is 2.96. The fourth-order valence-electron chi connectivity index (χ4n) is 0.954. The molecule has 4 nitrogen and oxygen atoms in total. The molecule has 0 radical (unpaired) electrons. The average molecular weight is 186 g/mol. The summed E-state index contributed by atoms with van der Waals surface area (Å²) < 4.78 is 14.3. The summed E-state index contributed by atoms with van der Waals surface area (Å²) in [6.45, 7) is 2.72. The molecule has 1 rings (SSSR count). The van der Waals surface area contributed by atoms with Gasteiger partial charge < -0.3 is 14.2 Å². The first-order valence-corrected chi connectivity index (χ1v) is 4.14. The summed E-state index contributed by atoms with van der Waals surface area (Å²) in [4.78, 5) is 11.3. The van der Waals surface area contributed by atoms with Crippen molar-refractivity contribution in [2.45, 2.75) is 19.3 Å². The van der Waals surface area contributed by atoms with E-state index < -0.39 is 12.4 Å². The summed E-state index contributed by atoms with van der Waals surface area (Å²) in [5.41, 5.74) is 0.513. The van der Waals surface area contributed by atoms with Crippen molar-refractivity contribution in [3.63, 3.8) is 0 Å². The van der Waals surface area contributed by atoms with Gasteiger partial charge in [0.05, 0.1) is 0 Å². The van der Waals surface area contributed by atoms with Gasteiger partial charge in [0.25, 0.3) is 0 Å². The topological polar surface area (TPSA) is 44.8 Å². The lowest BCUT2D eigenvalue weighted by Crippen LogP contribution is -2.23. The van der Waals surface area contributed by atoms with E-state index in [0.29, 0.717) is 11.5 Å². The Morgan fingerprint density at radius 1 is 1.38 bits per heavy atom. The highest BCUT2D eigenvalue weighted by atomic mass is 16.8. The molecule has 0 spiro atoms. The normalized spacial score (nSPS) is 15.9. The van der Waals surface area contributed by atoms with E-state index in [1.807, 2.05) is 0 Å². The van der Waals surface area contributed by atoms with Gasteiger partial charge in [-0.1, -0.05) is 6.58 Å². The maximum absolute atomic E-state index is 11.3. The van der Waals surface area contributed by atoms with Crippen molar-refractivity contribution >= 4 is 5.97 Å². The second-order valence-corrected chi connectivity index (χ2v) is 2.96. The molecule has 0 aromatic rings. The zero-order valence-corrected chi connectivity index (χ0v) is 7.91. The van der Waals surface area contributed by atoms with Gasteiger partial charge in [0, 0.05) is 19.8 Å². The molecule has 4 heteroatoms. The molecule has 0 unspecified atom stereocenters. The van der Waals surface area contributed by atoms with Crippen molar-refractivity contribution in [3.8, 4) is 0 Å². The molecular weight excluding hydrogens is 172 g/mol. The molecule has 0 atom stereocenters.